The molecule has 1 fully saturated rings. The van der Waals surface area contributed by atoms with E-state index in [0.29, 0.717) is 5.75 Å². The summed E-state index contributed by atoms with van der Waals surface area (Å²) in [6.45, 7) is 3.57. The second kappa shape index (κ2) is 6.18. The first kappa shape index (κ1) is 14.0. The smallest absolute Gasteiger partial charge is 0.162 e. The van der Waals surface area contributed by atoms with Gasteiger partial charge < -0.3 is 4.74 Å². The molecule has 1 aliphatic rings. The van der Waals surface area contributed by atoms with Crippen LogP contribution in [0.3, 0.4) is 0 Å². The SMILES string of the molecule is CCC1CCCC(Oc2ccc(C(C)=O)c(F)c2)C1. The summed E-state index contributed by atoms with van der Waals surface area (Å²) in [5.41, 5.74) is 0.127. The van der Waals surface area contributed by atoms with Gasteiger partial charge in [-0.25, -0.2) is 4.39 Å². The predicted molar refractivity (Wildman–Crippen MR) is 73.1 cm³/mol. The first-order valence-corrected chi connectivity index (χ1v) is 7.07. The number of ketones is 1. The van der Waals surface area contributed by atoms with Gasteiger partial charge >= 0.3 is 0 Å². The quantitative estimate of drug-likeness (QED) is 0.754. The molecule has 1 saturated carbocycles. The lowest BCUT2D eigenvalue weighted by Gasteiger charge is -2.29. The fourth-order valence-corrected chi connectivity index (χ4v) is 2.77. The Balaban J connectivity index is 2.03. The highest BCUT2D eigenvalue weighted by molar-refractivity contribution is 5.94. The second-order valence-corrected chi connectivity index (χ2v) is 5.38. The van der Waals surface area contributed by atoms with Gasteiger partial charge in [0.2, 0.25) is 0 Å². The monoisotopic (exact) mass is 264 g/mol. The Morgan fingerprint density at radius 1 is 1.42 bits per heavy atom. The number of ether oxygens (including phenoxy) is 1. The van der Waals surface area contributed by atoms with Gasteiger partial charge in [0.15, 0.2) is 5.78 Å². The first-order valence-electron chi connectivity index (χ1n) is 7.07. The van der Waals surface area contributed by atoms with Crippen LogP contribution in [0.15, 0.2) is 18.2 Å². The van der Waals surface area contributed by atoms with Crippen molar-refractivity contribution in [3.8, 4) is 5.75 Å². The van der Waals surface area contributed by atoms with Crippen LogP contribution in [0.5, 0.6) is 5.75 Å². The van der Waals surface area contributed by atoms with Crippen LogP contribution in [-0.4, -0.2) is 11.9 Å². The maximum atomic E-state index is 13.7. The fourth-order valence-electron chi connectivity index (χ4n) is 2.77. The summed E-state index contributed by atoms with van der Waals surface area (Å²) in [7, 11) is 0. The molecule has 2 nitrogen and oxygen atoms in total. The Bertz CT molecular complexity index is 456. The molecule has 104 valence electrons. The standard InChI is InChI=1S/C16H21FO2/c1-3-12-5-4-6-13(9-12)19-14-7-8-15(11(2)18)16(17)10-14/h7-8,10,12-13H,3-6,9H2,1-2H3. The van der Waals surface area contributed by atoms with E-state index in [2.05, 4.69) is 6.92 Å². The average molecular weight is 264 g/mol. The lowest BCUT2D eigenvalue weighted by Crippen LogP contribution is -2.25. The highest BCUT2D eigenvalue weighted by Gasteiger charge is 2.22. The van der Waals surface area contributed by atoms with E-state index in [0.717, 1.165) is 18.8 Å². The molecule has 0 bridgehead atoms. The molecule has 0 amide bonds. The maximum Gasteiger partial charge on any atom is 0.162 e. The maximum absolute atomic E-state index is 13.7. The highest BCUT2D eigenvalue weighted by atomic mass is 19.1. The van der Waals surface area contributed by atoms with Crippen molar-refractivity contribution >= 4 is 5.78 Å². The number of carbonyl (C=O) groups is 1. The number of carbonyl (C=O) groups excluding carboxylic acids is 1. The van der Waals surface area contributed by atoms with Gasteiger partial charge in [-0.15, -0.1) is 0 Å². The van der Waals surface area contributed by atoms with Gasteiger partial charge in [-0.2, -0.15) is 0 Å². The summed E-state index contributed by atoms with van der Waals surface area (Å²) in [6, 6.07) is 4.52. The van der Waals surface area contributed by atoms with Crippen LogP contribution in [0.1, 0.15) is 56.3 Å². The summed E-state index contributed by atoms with van der Waals surface area (Å²) in [4.78, 5) is 11.2. The Morgan fingerprint density at radius 2 is 2.21 bits per heavy atom. The van der Waals surface area contributed by atoms with Crippen molar-refractivity contribution < 1.29 is 13.9 Å². The van der Waals surface area contributed by atoms with Crippen LogP contribution in [0, 0.1) is 11.7 Å². The van der Waals surface area contributed by atoms with Crippen LogP contribution in [0.2, 0.25) is 0 Å². The Morgan fingerprint density at radius 3 is 2.84 bits per heavy atom. The van der Waals surface area contributed by atoms with E-state index in [1.807, 2.05) is 0 Å². The summed E-state index contributed by atoms with van der Waals surface area (Å²) in [5, 5.41) is 0. The topological polar surface area (TPSA) is 26.3 Å². The third kappa shape index (κ3) is 3.55. The molecule has 19 heavy (non-hydrogen) atoms. The molecule has 1 aromatic carbocycles. The van der Waals surface area contributed by atoms with E-state index in [9.17, 15) is 9.18 Å². The minimum Gasteiger partial charge on any atom is -0.490 e. The van der Waals surface area contributed by atoms with E-state index in [1.54, 1.807) is 6.07 Å². The molecule has 0 heterocycles. The Kier molecular flexibility index (Phi) is 4.56. The summed E-state index contributed by atoms with van der Waals surface area (Å²) in [6.07, 6.45) is 5.89. The van der Waals surface area contributed by atoms with Crippen LogP contribution in [0.4, 0.5) is 4.39 Å². The molecule has 2 atom stereocenters. The number of hydrogen-bond donors (Lipinski definition) is 0. The van der Waals surface area contributed by atoms with Gasteiger partial charge in [0.1, 0.15) is 11.6 Å². The van der Waals surface area contributed by atoms with E-state index in [4.69, 9.17) is 4.74 Å². The number of halogens is 1. The summed E-state index contributed by atoms with van der Waals surface area (Å²) < 4.78 is 19.5. The third-order valence-corrected chi connectivity index (χ3v) is 3.93. The summed E-state index contributed by atoms with van der Waals surface area (Å²) in [5.74, 6) is 0.505. The van der Waals surface area contributed by atoms with E-state index >= 15 is 0 Å². The van der Waals surface area contributed by atoms with Gasteiger partial charge in [-0.1, -0.05) is 19.8 Å². The molecular formula is C16H21FO2. The van der Waals surface area contributed by atoms with Gasteiger partial charge in [0.25, 0.3) is 0 Å². The molecule has 1 aliphatic carbocycles. The largest absolute Gasteiger partial charge is 0.490 e. The Hall–Kier alpha value is -1.38. The van der Waals surface area contributed by atoms with Gasteiger partial charge in [0.05, 0.1) is 11.7 Å². The van der Waals surface area contributed by atoms with E-state index < -0.39 is 5.82 Å². The van der Waals surface area contributed by atoms with Crippen molar-refractivity contribution in [1.82, 2.24) is 0 Å². The second-order valence-electron chi connectivity index (χ2n) is 5.38. The van der Waals surface area contributed by atoms with Gasteiger partial charge in [-0.05, 0) is 44.2 Å². The molecular weight excluding hydrogens is 243 g/mol. The van der Waals surface area contributed by atoms with Crippen molar-refractivity contribution in [2.45, 2.75) is 52.1 Å². The number of benzene rings is 1. The van der Waals surface area contributed by atoms with Crippen LogP contribution >= 0.6 is 0 Å². The molecule has 0 N–H and O–H groups in total. The third-order valence-electron chi connectivity index (χ3n) is 3.93. The normalized spacial score (nSPS) is 23.1. The molecule has 2 unspecified atom stereocenters. The Labute approximate surface area is 114 Å². The van der Waals surface area contributed by atoms with Gasteiger partial charge in [0, 0.05) is 6.07 Å². The molecule has 1 aromatic rings. The zero-order valence-corrected chi connectivity index (χ0v) is 11.6. The fraction of sp³-hybridized carbons (Fsp3) is 0.562. The summed E-state index contributed by atoms with van der Waals surface area (Å²) >= 11 is 0. The van der Waals surface area contributed by atoms with Crippen molar-refractivity contribution in [2.24, 2.45) is 5.92 Å². The van der Waals surface area contributed by atoms with E-state index in [-0.39, 0.29) is 17.5 Å². The van der Waals surface area contributed by atoms with Crippen LogP contribution in [0.25, 0.3) is 0 Å². The lowest BCUT2D eigenvalue weighted by atomic mass is 9.85. The minimum absolute atomic E-state index is 0.127. The zero-order valence-electron chi connectivity index (χ0n) is 11.6. The zero-order chi connectivity index (χ0) is 13.8. The average Bonchev–Trinajstić information content (AvgIpc) is 2.38. The molecule has 0 spiro atoms. The molecule has 0 saturated heterocycles. The molecule has 0 radical (unpaired) electrons. The van der Waals surface area contributed by atoms with Gasteiger partial charge in [-0.3, -0.25) is 4.79 Å². The predicted octanol–water partition coefficient (Wildman–Crippen LogP) is 4.38. The molecule has 0 aromatic heterocycles. The van der Waals surface area contributed by atoms with Crippen molar-refractivity contribution in [1.29, 1.82) is 0 Å². The number of hydrogen-bond acceptors (Lipinski definition) is 2. The molecule has 3 heteroatoms. The minimum atomic E-state index is -0.493. The van der Waals surface area contributed by atoms with E-state index in [1.165, 1.54) is 38.3 Å². The lowest BCUT2D eigenvalue weighted by molar-refractivity contribution is 0.101. The first-order chi connectivity index (χ1) is 9.10. The van der Waals surface area contributed by atoms with Crippen LogP contribution < -0.4 is 4.74 Å². The number of rotatable bonds is 4. The van der Waals surface area contributed by atoms with Crippen molar-refractivity contribution in [3.05, 3.63) is 29.6 Å². The van der Waals surface area contributed by atoms with Crippen molar-refractivity contribution in [2.75, 3.05) is 0 Å². The van der Waals surface area contributed by atoms with Crippen molar-refractivity contribution in [3.63, 3.8) is 0 Å². The molecule has 2 rings (SSSR count). The highest BCUT2D eigenvalue weighted by Crippen LogP contribution is 2.30. The van der Waals surface area contributed by atoms with Crippen LogP contribution in [-0.2, 0) is 0 Å². The number of Topliss-reactive ketones (excluding diaryl/α,β-unsaturated/α-hetero) is 1. The molecule has 0 aliphatic heterocycles.